The first kappa shape index (κ1) is 16.9. The Morgan fingerprint density at radius 3 is 2.62 bits per heavy atom. The van der Waals surface area contributed by atoms with Crippen molar-refractivity contribution < 1.29 is 14.1 Å². The summed E-state index contributed by atoms with van der Waals surface area (Å²) in [5, 5.41) is 2.92. The highest BCUT2D eigenvalue weighted by Crippen LogP contribution is 2.18. The van der Waals surface area contributed by atoms with Gasteiger partial charge >= 0.3 is 0 Å². The standard InChI is InChI=1S/C18H19BrFN3O/c19-14-4-3-5-15(12-14)21-18(24)13-22-8-10-23(11-9-22)17-7-2-1-6-16(17)20/h1-7,12H,8-11,13H2,(H,21,24)/p+1. The van der Waals surface area contributed by atoms with Crippen molar-refractivity contribution >= 4 is 33.2 Å². The van der Waals surface area contributed by atoms with Gasteiger partial charge in [-0.2, -0.15) is 0 Å². The Labute approximate surface area is 149 Å². The van der Waals surface area contributed by atoms with E-state index in [1.807, 2.05) is 35.2 Å². The number of benzene rings is 2. The van der Waals surface area contributed by atoms with E-state index in [1.165, 1.54) is 11.0 Å². The first-order valence-corrected chi connectivity index (χ1v) is 8.79. The molecular weight excluding hydrogens is 373 g/mol. The predicted molar refractivity (Wildman–Crippen MR) is 96.9 cm³/mol. The van der Waals surface area contributed by atoms with Crippen molar-refractivity contribution in [3.05, 3.63) is 58.8 Å². The van der Waals surface area contributed by atoms with Gasteiger partial charge in [0.2, 0.25) is 0 Å². The van der Waals surface area contributed by atoms with E-state index in [4.69, 9.17) is 0 Å². The maximum Gasteiger partial charge on any atom is 0.279 e. The lowest BCUT2D eigenvalue weighted by molar-refractivity contribution is -0.892. The smallest absolute Gasteiger partial charge is 0.279 e. The summed E-state index contributed by atoms with van der Waals surface area (Å²) in [6.07, 6.45) is 0. The third-order valence-electron chi connectivity index (χ3n) is 4.18. The molecule has 3 rings (SSSR count). The number of hydrogen-bond acceptors (Lipinski definition) is 2. The number of nitrogens with zero attached hydrogens (tertiary/aromatic N) is 1. The zero-order chi connectivity index (χ0) is 16.9. The highest BCUT2D eigenvalue weighted by Gasteiger charge is 2.23. The quantitative estimate of drug-likeness (QED) is 0.833. The Morgan fingerprint density at radius 2 is 1.92 bits per heavy atom. The fourth-order valence-corrected chi connectivity index (χ4v) is 3.35. The Bertz CT molecular complexity index is 717. The molecular formula is C18H20BrFN3O+. The summed E-state index contributed by atoms with van der Waals surface area (Å²) in [6.45, 7) is 3.57. The summed E-state index contributed by atoms with van der Waals surface area (Å²) in [7, 11) is 0. The van der Waals surface area contributed by atoms with Crippen LogP contribution >= 0.6 is 15.9 Å². The highest BCUT2D eigenvalue weighted by molar-refractivity contribution is 9.10. The van der Waals surface area contributed by atoms with Crippen LogP contribution in [0.3, 0.4) is 0 Å². The molecule has 0 aliphatic carbocycles. The van der Waals surface area contributed by atoms with Crippen LogP contribution < -0.4 is 15.1 Å². The summed E-state index contributed by atoms with van der Waals surface area (Å²) in [5.41, 5.74) is 1.44. The van der Waals surface area contributed by atoms with Crippen LogP contribution in [0.1, 0.15) is 0 Å². The summed E-state index contributed by atoms with van der Waals surface area (Å²) < 4.78 is 14.8. The maximum atomic E-state index is 13.8. The van der Waals surface area contributed by atoms with E-state index in [0.29, 0.717) is 12.2 Å². The molecule has 0 radical (unpaired) electrons. The minimum Gasteiger partial charge on any atom is -0.358 e. The van der Waals surface area contributed by atoms with Crippen molar-refractivity contribution in [2.75, 3.05) is 42.9 Å². The Kier molecular flexibility index (Phi) is 5.48. The number of quaternary nitrogens is 1. The number of nitrogens with one attached hydrogen (secondary N) is 2. The van der Waals surface area contributed by atoms with Crippen molar-refractivity contribution in [2.24, 2.45) is 0 Å². The molecule has 0 bridgehead atoms. The number of carbonyl (C=O) groups excluding carboxylic acids is 1. The molecule has 126 valence electrons. The molecule has 1 aliphatic heterocycles. The van der Waals surface area contributed by atoms with E-state index in [1.54, 1.807) is 12.1 Å². The number of para-hydroxylation sites is 1. The maximum absolute atomic E-state index is 13.8. The van der Waals surface area contributed by atoms with Crippen LogP contribution in [0.2, 0.25) is 0 Å². The zero-order valence-electron chi connectivity index (χ0n) is 13.3. The van der Waals surface area contributed by atoms with E-state index in [0.717, 1.165) is 36.3 Å². The fourth-order valence-electron chi connectivity index (χ4n) is 2.95. The van der Waals surface area contributed by atoms with E-state index >= 15 is 0 Å². The average Bonchev–Trinajstić information content (AvgIpc) is 2.56. The lowest BCUT2D eigenvalue weighted by Gasteiger charge is -2.33. The summed E-state index contributed by atoms with van der Waals surface area (Å²) in [6, 6.07) is 14.4. The summed E-state index contributed by atoms with van der Waals surface area (Å²) in [5.74, 6) is -0.184. The number of piperazine rings is 1. The predicted octanol–water partition coefficient (Wildman–Crippen LogP) is 1.93. The van der Waals surface area contributed by atoms with Crippen molar-refractivity contribution in [2.45, 2.75) is 0 Å². The Hall–Kier alpha value is -1.92. The highest BCUT2D eigenvalue weighted by atomic mass is 79.9. The number of amides is 1. The van der Waals surface area contributed by atoms with Crippen LogP contribution in [0, 0.1) is 5.82 Å². The summed E-state index contributed by atoms with van der Waals surface area (Å²) >= 11 is 3.39. The van der Waals surface area contributed by atoms with Gasteiger partial charge in [-0.15, -0.1) is 0 Å². The molecule has 1 aliphatic rings. The second-order valence-corrected chi connectivity index (χ2v) is 6.84. The molecule has 24 heavy (non-hydrogen) atoms. The Balaban J connectivity index is 1.50. The van der Waals surface area contributed by atoms with Crippen LogP contribution in [0.15, 0.2) is 53.0 Å². The molecule has 2 N–H and O–H groups in total. The van der Waals surface area contributed by atoms with Gasteiger partial charge in [0.25, 0.3) is 5.91 Å². The SMILES string of the molecule is O=C(C[NH+]1CCN(c2ccccc2F)CC1)Nc1cccc(Br)c1. The molecule has 2 aromatic carbocycles. The third-order valence-corrected chi connectivity index (χ3v) is 4.68. The van der Waals surface area contributed by atoms with E-state index in [2.05, 4.69) is 21.2 Å². The van der Waals surface area contributed by atoms with Crippen LogP contribution in [0.5, 0.6) is 0 Å². The molecule has 1 fully saturated rings. The monoisotopic (exact) mass is 392 g/mol. The normalized spacial score (nSPS) is 15.3. The van der Waals surface area contributed by atoms with Gasteiger partial charge in [0.15, 0.2) is 6.54 Å². The Morgan fingerprint density at radius 1 is 1.17 bits per heavy atom. The third kappa shape index (κ3) is 4.33. The molecule has 4 nitrogen and oxygen atoms in total. The van der Waals surface area contributed by atoms with Gasteiger partial charge in [0.05, 0.1) is 31.9 Å². The van der Waals surface area contributed by atoms with Gasteiger partial charge in [-0.3, -0.25) is 4.79 Å². The molecule has 1 heterocycles. The molecule has 0 saturated carbocycles. The molecule has 0 atom stereocenters. The molecule has 6 heteroatoms. The minimum absolute atomic E-state index is 0.00226. The molecule has 1 saturated heterocycles. The lowest BCUT2D eigenvalue weighted by Crippen LogP contribution is -3.15. The van der Waals surface area contributed by atoms with Crippen molar-refractivity contribution in [3.8, 4) is 0 Å². The van der Waals surface area contributed by atoms with Gasteiger partial charge in [-0.05, 0) is 30.3 Å². The van der Waals surface area contributed by atoms with Crippen LogP contribution in [0.25, 0.3) is 0 Å². The van der Waals surface area contributed by atoms with Crippen LogP contribution in [-0.4, -0.2) is 38.6 Å². The summed E-state index contributed by atoms with van der Waals surface area (Å²) in [4.78, 5) is 15.4. The molecule has 0 spiro atoms. The van der Waals surface area contributed by atoms with Gasteiger partial charge < -0.3 is 15.1 Å². The fraction of sp³-hybridized carbons (Fsp3) is 0.278. The van der Waals surface area contributed by atoms with Gasteiger partial charge in [0.1, 0.15) is 5.82 Å². The average molecular weight is 393 g/mol. The van der Waals surface area contributed by atoms with E-state index in [-0.39, 0.29) is 11.7 Å². The molecule has 0 aromatic heterocycles. The van der Waals surface area contributed by atoms with Gasteiger partial charge in [0, 0.05) is 10.2 Å². The molecule has 2 aromatic rings. The van der Waals surface area contributed by atoms with Crippen molar-refractivity contribution in [1.29, 1.82) is 0 Å². The van der Waals surface area contributed by atoms with Crippen LogP contribution in [-0.2, 0) is 4.79 Å². The largest absolute Gasteiger partial charge is 0.358 e. The number of anilines is 2. The van der Waals surface area contributed by atoms with Gasteiger partial charge in [-0.25, -0.2) is 4.39 Å². The first-order chi connectivity index (χ1) is 11.6. The van der Waals surface area contributed by atoms with E-state index in [9.17, 15) is 9.18 Å². The second kappa shape index (κ2) is 7.77. The van der Waals surface area contributed by atoms with Crippen molar-refractivity contribution in [3.63, 3.8) is 0 Å². The first-order valence-electron chi connectivity index (χ1n) is 8.00. The van der Waals surface area contributed by atoms with Crippen LogP contribution in [0.4, 0.5) is 15.8 Å². The molecule has 0 unspecified atom stereocenters. The number of rotatable bonds is 4. The lowest BCUT2D eigenvalue weighted by atomic mass is 10.2. The zero-order valence-corrected chi connectivity index (χ0v) is 14.9. The topological polar surface area (TPSA) is 36.8 Å². The number of carbonyl (C=O) groups is 1. The van der Waals surface area contributed by atoms with Crippen molar-refractivity contribution in [1.82, 2.24) is 0 Å². The number of hydrogen-bond donors (Lipinski definition) is 2. The molecule has 1 amide bonds. The number of halogens is 2. The van der Waals surface area contributed by atoms with E-state index < -0.39 is 0 Å². The second-order valence-electron chi connectivity index (χ2n) is 5.92. The minimum atomic E-state index is -0.187. The van der Waals surface area contributed by atoms with Gasteiger partial charge in [-0.1, -0.05) is 34.1 Å².